The van der Waals surface area contributed by atoms with E-state index >= 15 is 0 Å². The SMILES string of the molecule is COC(CNC(=O)c1snnc1C)c1ccccc1Cl. The Bertz CT molecular complexity index is 603. The Kier molecular flexibility index (Phi) is 5.05. The molecule has 2 rings (SSSR count). The number of ether oxygens (including phenoxy) is 1. The summed E-state index contributed by atoms with van der Waals surface area (Å²) in [5, 5.41) is 7.24. The third-order valence-corrected chi connectivity index (χ3v) is 4.01. The molecule has 0 aliphatic carbocycles. The lowest BCUT2D eigenvalue weighted by molar-refractivity contribution is 0.0830. The van der Waals surface area contributed by atoms with E-state index in [2.05, 4.69) is 14.9 Å². The number of hydrogen-bond donors (Lipinski definition) is 1. The summed E-state index contributed by atoms with van der Waals surface area (Å²) in [6, 6.07) is 7.40. The highest BCUT2D eigenvalue weighted by atomic mass is 35.5. The van der Waals surface area contributed by atoms with Crippen LogP contribution in [0.15, 0.2) is 24.3 Å². The molecular weight excluding hydrogens is 298 g/mol. The molecular formula is C13H14ClN3O2S. The topological polar surface area (TPSA) is 64.1 Å². The summed E-state index contributed by atoms with van der Waals surface area (Å²) in [6.45, 7) is 2.08. The summed E-state index contributed by atoms with van der Waals surface area (Å²) in [6.07, 6.45) is -0.297. The highest BCUT2D eigenvalue weighted by molar-refractivity contribution is 7.07. The minimum atomic E-state index is -0.297. The van der Waals surface area contributed by atoms with Crippen molar-refractivity contribution in [3.63, 3.8) is 0 Å². The average Bonchev–Trinajstić information content (AvgIpc) is 2.87. The van der Waals surface area contributed by atoms with Gasteiger partial charge in [-0.05, 0) is 24.5 Å². The first-order chi connectivity index (χ1) is 9.63. The number of nitrogens with one attached hydrogen (secondary N) is 1. The Morgan fingerprint density at radius 3 is 2.85 bits per heavy atom. The second-order valence-electron chi connectivity index (χ2n) is 4.14. The van der Waals surface area contributed by atoms with E-state index in [0.29, 0.717) is 22.1 Å². The Morgan fingerprint density at radius 2 is 2.25 bits per heavy atom. The van der Waals surface area contributed by atoms with Crippen LogP contribution < -0.4 is 5.32 Å². The monoisotopic (exact) mass is 311 g/mol. The maximum absolute atomic E-state index is 12.0. The van der Waals surface area contributed by atoms with Crippen molar-refractivity contribution in [2.75, 3.05) is 13.7 Å². The Balaban J connectivity index is 2.03. The van der Waals surface area contributed by atoms with Gasteiger partial charge in [0.15, 0.2) is 0 Å². The molecule has 0 spiro atoms. The number of carbonyl (C=O) groups excluding carboxylic acids is 1. The van der Waals surface area contributed by atoms with Crippen LogP contribution in [0.1, 0.15) is 27.0 Å². The third kappa shape index (κ3) is 3.33. The third-order valence-electron chi connectivity index (χ3n) is 2.84. The van der Waals surface area contributed by atoms with Gasteiger partial charge in [0.1, 0.15) is 11.0 Å². The quantitative estimate of drug-likeness (QED) is 0.922. The van der Waals surface area contributed by atoms with E-state index in [-0.39, 0.29) is 12.0 Å². The molecule has 1 heterocycles. The Hall–Kier alpha value is -1.50. The van der Waals surface area contributed by atoms with Gasteiger partial charge in [-0.2, -0.15) is 0 Å². The van der Waals surface area contributed by atoms with Crippen molar-refractivity contribution in [2.24, 2.45) is 0 Å². The van der Waals surface area contributed by atoms with Gasteiger partial charge in [-0.15, -0.1) is 5.10 Å². The molecule has 1 aromatic heterocycles. The number of aromatic nitrogens is 2. The molecule has 0 bridgehead atoms. The van der Waals surface area contributed by atoms with Crippen LogP contribution in [-0.4, -0.2) is 29.1 Å². The summed E-state index contributed by atoms with van der Waals surface area (Å²) in [5.74, 6) is -0.202. The molecule has 0 saturated heterocycles. The molecule has 0 aliphatic rings. The standard InChI is InChI=1S/C13H14ClN3O2S/c1-8-12(20-17-16-8)13(18)15-7-11(19-2)9-5-3-4-6-10(9)14/h3-6,11H,7H2,1-2H3,(H,15,18). The van der Waals surface area contributed by atoms with Crippen LogP contribution in [-0.2, 0) is 4.74 Å². The Labute approximate surface area is 126 Å². The molecule has 1 aromatic carbocycles. The van der Waals surface area contributed by atoms with Crippen LogP contribution in [0.5, 0.6) is 0 Å². The molecule has 0 aliphatic heterocycles. The lowest BCUT2D eigenvalue weighted by Crippen LogP contribution is -2.29. The maximum atomic E-state index is 12.0. The largest absolute Gasteiger partial charge is 0.375 e. The van der Waals surface area contributed by atoms with E-state index in [1.807, 2.05) is 18.2 Å². The van der Waals surface area contributed by atoms with E-state index in [4.69, 9.17) is 16.3 Å². The summed E-state index contributed by atoms with van der Waals surface area (Å²) in [4.78, 5) is 12.5. The van der Waals surface area contributed by atoms with Crippen LogP contribution in [0, 0.1) is 6.92 Å². The number of hydrogen-bond acceptors (Lipinski definition) is 5. The lowest BCUT2D eigenvalue weighted by Gasteiger charge is -2.17. The van der Waals surface area contributed by atoms with Crippen molar-refractivity contribution < 1.29 is 9.53 Å². The summed E-state index contributed by atoms with van der Waals surface area (Å²) < 4.78 is 9.13. The first-order valence-corrected chi connectivity index (χ1v) is 7.13. The van der Waals surface area contributed by atoms with E-state index in [1.54, 1.807) is 20.1 Å². The zero-order valence-electron chi connectivity index (χ0n) is 11.1. The van der Waals surface area contributed by atoms with E-state index in [1.165, 1.54) is 0 Å². The van der Waals surface area contributed by atoms with Gasteiger partial charge >= 0.3 is 0 Å². The summed E-state index contributed by atoms with van der Waals surface area (Å²) in [7, 11) is 1.58. The molecule has 7 heteroatoms. The van der Waals surface area contributed by atoms with Crippen molar-refractivity contribution in [1.82, 2.24) is 14.9 Å². The van der Waals surface area contributed by atoms with Gasteiger partial charge in [-0.3, -0.25) is 4.79 Å². The van der Waals surface area contributed by atoms with Gasteiger partial charge in [0.05, 0.1) is 5.69 Å². The number of methoxy groups -OCH3 is 1. The van der Waals surface area contributed by atoms with Gasteiger partial charge in [0.2, 0.25) is 0 Å². The number of carbonyl (C=O) groups is 1. The van der Waals surface area contributed by atoms with E-state index in [9.17, 15) is 4.79 Å². The first kappa shape index (κ1) is 14.9. The average molecular weight is 312 g/mol. The van der Waals surface area contributed by atoms with Gasteiger partial charge in [0.25, 0.3) is 5.91 Å². The Morgan fingerprint density at radius 1 is 1.50 bits per heavy atom. The number of aryl methyl sites for hydroxylation is 1. The molecule has 5 nitrogen and oxygen atoms in total. The number of amides is 1. The predicted octanol–water partition coefficient (Wildman–Crippen LogP) is 2.62. The highest BCUT2D eigenvalue weighted by Gasteiger charge is 2.17. The molecule has 0 fully saturated rings. The lowest BCUT2D eigenvalue weighted by atomic mass is 10.1. The maximum Gasteiger partial charge on any atom is 0.265 e. The van der Waals surface area contributed by atoms with Gasteiger partial charge in [-0.25, -0.2) is 0 Å². The number of benzene rings is 1. The predicted molar refractivity (Wildman–Crippen MR) is 78.2 cm³/mol. The van der Waals surface area contributed by atoms with Crippen LogP contribution >= 0.6 is 23.1 Å². The fourth-order valence-electron chi connectivity index (χ4n) is 1.76. The fraction of sp³-hybridized carbons (Fsp3) is 0.308. The van der Waals surface area contributed by atoms with Gasteiger partial charge in [0, 0.05) is 24.2 Å². The molecule has 106 valence electrons. The van der Waals surface area contributed by atoms with Crippen LogP contribution in [0.3, 0.4) is 0 Å². The molecule has 0 radical (unpaired) electrons. The smallest absolute Gasteiger partial charge is 0.265 e. The zero-order valence-corrected chi connectivity index (χ0v) is 12.7. The van der Waals surface area contributed by atoms with Crippen molar-refractivity contribution >= 4 is 29.0 Å². The zero-order chi connectivity index (χ0) is 14.5. The van der Waals surface area contributed by atoms with Crippen LogP contribution in [0.25, 0.3) is 0 Å². The second-order valence-corrected chi connectivity index (χ2v) is 5.30. The van der Waals surface area contributed by atoms with Crippen molar-refractivity contribution in [3.8, 4) is 0 Å². The highest BCUT2D eigenvalue weighted by Crippen LogP contribution is 2.24. The molecule has 1 unspecified atom stereocenters. The summed E-state index contributed by atoms with van der Waals surface area (Å²) in [5.41, 5.74) is 1.47. The van der Waals surface area contributed by atoms with Crippen molar-refractivity contribution in [2.45, 2.75) is 13.0 Å². The van der Waals surface area contributed by atoms with E-state index in [0.717, 1.165) is 17.1 Å². The van der Waals surface area contributed by atoms with Crippen molar-refractivity contribution in [3.05, 3.63) is 45.4 Å². The number of halogens is 1. The molecule has 1 N–H and O–H groups in total. The number of nitrogens with zero attached hydrogens (tertiary/aromatic N) is 2. The first-order valence-electron chi connectivity index (χ1n) is 5.98. The fourth-order valence-corrected chi connectivity index (χ4v) is 2.59. The summed E-state index contributed by atoms with van der Waals surface area (Å²) >= 11 is 7.20. The molecule has 20 heavy (non-hydrogen) atoms. The minimum Gasteiger partial charge on any atom is -0.375 e. The molecule has 0 saturated carbocycles. The van der Waals surface area contributed by atoms with Crippen LogP contribution in [0.4, 0.5) is 0 Å². The van der Waals surface area contributed by atoms with E-state index < -0.39 is 0 Å². The van der Waals surface area contributed by atoms with Gasteiger partial charge in [-0.1, -0.05) is 34.3 Å². The van der Waals surface area contributed by atoms with Crippen LogP contribution in [0.2, 0.25) is 5.02 Å². The van der Waals surface area contributed by atoms with Gasteiger partial charge < -0.3 is 10.1 Å². The van der Waals surface area contributed by atoms with Crippen molar-refractivity contribution in [1.29, 1.82) is 0 Å². The second kappa shape index (κ2) is 6.78. The molecule has 1 amide bonds. The molecule has 2 aromatic rings. The normalized spacial score (nSPS) is 12.2. The number of rotatable bonds is 5. The minimum absolute atomic E-state index is 0.202. The molecule has 1 atom stereocenters.